The summed E-state index contributed by atoms with van der Waals surface area (Å²) in [5, 5.41) is 3.39. The molecule has 0 fully saturated rings. The normalized spacial score (nSPS) is 10.5. The largest absolute Gasteiger partial charge is 0.493 e. The summed E-state index contributed by atoms with van der Waals surface area (Å²) < 4.78 is 11.2. The fraction of sp³-hybridized carbons (Fsp3) is 0.333. The van der Waals surface area contributed by atoms with E-state index in [1.54, 1.807) is 7.11 Å². The summed E-state index contributed by atoms with van der Waals surface area (Å²) in [5.74, 6) is 2.08. The van der Waals surface area contributed by atoms with Crippen LogP contribution < -0.4 is 14.8 Å². The minimum absolute atomic E-state index is 0.495. The van der Waals surface area contributed by atoms with Crippen LogP contribution in [0.5, 0.6) is 11.5 Å². The molecule has 3 heteroatoms. The third kappa shape index (κ3) is 4.71. The number of nitrogens with one attached hydrogen (secondary N) is 1. The zero-order chi connectivity index (χ0) is 15.1. The topological polar surface area (TPSA) is 30.5 Å². The lowest BCUT2D eigenvalue weighted by Gasteiger charge is -2.14. The van der Waals surface area contributed by atoms with E-state index in [0.29, 0.717) is 12.5 Å². The summed E-state index contributed by atoms with van der Waals surface area (Å²) in [6.45, 7) is 5.71. The molecule has 0 bridgehead atoms. The third-order valence-electron chi connectivity index (χ3n) is 3.07. The summed E-state index contributed by atoms with van der Waals surface area (Å²) in [6.07, 6.45) is 0. The van der Waals surface area contributed by atoms with Crippen molar-refractivity contribution in [1.29, 1.82) is 0 Å². The van der Waals surface area contributed by atoms with Crippen molar-refractivity contribution in [3.05, 3.63) is 54.1 Å². The van der Waals surface area contributed by atoms with E-state index in [1.807, 2.05) is 30.3 Å². The molecule has 0 aliphatic heterocycles. The first-order chi connectivity index (χ1) is 10.2. The molecule has 0 amide bonds. The van der Waals surface area contributed by atoms with Crippen LogP contribution in [0.3, 0.4) is 0 Å². The second-order valence-electron chi connectivity index (χ2n) is 5.41. The number of hydrogen-bond donors (Lipinski definition) is 1. The van der Waals surface area contributed by atoms with Crippen molar-refractivity contribution in [2.24, 2.45) is 5.92 Å². The Morgan fingerprint density at radius 3 is 2.43 bits per heavy atom. The molecule has 1 N–H and O–H groups in total. The Hall–Kier alpha value is -2.16. The second-order valence-corrected chi connectivity index (χ2v) is 5.41. The van der Waals surface area contributed by atoms with Gasteiger partial charge in [0.05, 0.1) is 13.7 Å². The molecule has 0 saturated heterocycles. The van der Waals surface area contributed by atoms with Crippen molar-refractivity contribution in [1.82, 2.24) is 0 Å². The molecule has 0 aliphatic rings. The van der Waals surface area contributed by atoms with E-state index in [2.05, 4.69) is 37.4 Å². The minimum atomic E-state index is 0.495. The van der Waals surface area contributed by atoms with Crippen molar-refractivity contribution < 1.29 is 9.47 Å². The number of ether oxygens (including phenoxy) is 2. The predicted molar refractivity (Wildman–Crippen MR) is 87.1 cm³/mol. The number of benzene rings is 2. The van der Waals surface area contributed by atoms with Gasteiger partial charge in [0.15, 0.2) is 11.5 Å². The van der Waals surface area contributed by atoms with Crippen LogP contribution in [0, 0.1) is 5.92 Å². The van der Waals surface area contributed by atoms with Crippen LogP contribution in [-0.4, -0.2) is 13.7 Å². The van der Waals surface area contributed by atoms with Crippen LogP contribution >= 0.6 is 0 Å². The van der Waals surface area contributed by atoms with Crippen molar-refractivity contribution in [3.63, 3.8) is 0 Å². The molecule has 0 aromatic heterocycles. The Labute approximate surface area is 126 Å². The van der Waals surface area contributed by atoms with E-state index in [4.69, 9.17) is 9.47 Å². The standard InChI is InChI=1S/C18H23NO2/c1-14(2)13-21-17-10-9-15(11-18(17)20-3)12-19-16-7-5-4-6-8-16/h4-11,14,19H,12-13H2,1-3H3. The number of anilines is 1. The quantitative estimate of drug-likeness (QED) is 0.820. The van der Waals surface area contributed by atoms with E-state index >= 15 is 0 Å². The lowest BCUT2D eigenvalue weighted by Crippen LogP contribution is -2.06. The summed E-state index contributed by atoms with van der Waals surface area (Å²) in [5.41, 5.74) is 2.27. The lowest BCUT2D eigenvalue weighted by atomic mass is 10.2. The van der Waals surface area contributed by atoms with E-state index < -0.39 is 0 Å². The predicted octanol–water partition coefficient (Wildman–Crippen LogP) is 4.34. The summed E-state index contributed by atoms with van der Waals surface area (Å²) >= 11 is 0. The Morgan fingerprint density at radius 1 is 1.00 bits per heavy atom. The van der Waals surface area contributed by atoms with Crippen LogP contribution in [0.2, 0.25) is 0 Å². The minimum Gasteiger partial charge on any atom is -0.493 e. The van der Waals surface area contributed by atoms with Crippen molar-refractivity contribution >= 4 is 5.69 Å². The number of para-hydroxylation sites is 1. The molecule has 2 aromatic carbocycles. The molecule has 2 rings (SSSR count). The molecule has 2 aromatic rings. The van der Waals surface area contributed by atoms with Gasteiger partial charge in [0.2, 0.25) is 0 Å². The molecular weight excluding hydrogens is 262 g/mol. The molecule has 112 valence electrons. The maximum absolute atomic E-state index is 5.76. The first-order valence-corrected chi connectivity index (χ1v) is 7.27. The first-order valence-electron chi connectivity index (χ1n) is 7.27. The van der Waals surface area contributed by atoms with Gasteiger partial charge in [-0.05, 0) is 35.7 Å². The average molecular weight is 285 g/mol. The first kappa shape index (κ1) is 15.2. The van der Waals surface area contributed by atoms with Crippen LogP contribution in [-0.2, 0) is 6.54 Å². The zero-order valence-corrected chi connectivity index (χ0v) is 12.9. The van der Waals surface area contributed by atoms with Crippen molar-refractivity contribution in [2.45, 2.75) is 20.4 Å². The SMILES string of the molecule is COc1cc(CNc2ccccc2)ccc1OCC(C)C. The highest BCUT2D eigenvalue weighted by Gasteiger charge is 2.06. The van der Waals surface area contributed by atoms with Gasteiger partial charge in [-0.1, -0.05) is 38.1 Å². The summed E-state index contributed by atoms with van der Waals surface area (Å²) in [4.78, 5) is 0. The Kier molecular flexibility index (Phi) is 5.50. The molecule has 0 heterocycles. The van der Waals surface area contributed by atoms with E-state index in [-0.39, 0.29) is 0 Å². The van der Waals surface area contributed by atoms with Crippen LogP contribution in [0.15, 0.2) is 48.5 Å². The molecule has 0 radical (unpaired) electrons. The smallest absolute Gasteiger partial charge is 0.161 e. The molecule has 0 unspecified atom stereocenters. The summed E-state index contributed by atoms with van der Waals surface area (Å²) in [6, 6.07) is 16.2. The number of hydrogen-bond acceptors (Lipinski definition) is 3. The summed E-state index contributed by atoms with van der Waals surface area (Å²) in [7, 11) is 1.67. The van der Waals surface area contributed by atoms with Crippen LogP contribution in [0.4, 0.5) is 5.69 Å². The maximum atomic E-state index is 5.76. The Morgan fingerprint density at radius 2 is 1.76 bits per heavy atom. The highest BCUT2D eigenvalue weighted by molar-refractivity contribution is 5.46. The van der Waals surface area contributed by atoms with Crippen molar-refractivity contribution in [3.8, 4) is 11.5 Å². The lowest BCUT2D eigenvalue weighted by molar-refractivity contribution is 0.257. The van der Waals surface area contributed by atoms with Crippen LogP contribution in [0.25, 0.3) is 0 Å². The maximum Gasteiger partial charge on any atom is 0.161 e. The highest BCUT2D eigenvalue weighted by atomic mass is 16.5. The van der Waals surface area contributed by atoms with Gasteiger partial charge >= 0.3 is 0 Å². The number of rotatable bonds is 7. The van der Waals surface area contributed by atoms with Gasteiger partial charge in [0, 0.05) is 12.2 Å². The number of methoxy groups -OCH3 is 1. The Balaban J connectivity index is 2.01. The van der Waals surface area contributed by atoms with Crippen molar-refractivity contribution in [2.75, 3.05) is 19.0 Å². The van der Waals surface area contributed by atoms with Gasteiger partial charge in [-0.15, -0.1) is 0 Å². The molecule has 0 aliphatic carbocycles. The molecule has 0 spiro atoms. The monoisotopic (exact) mass is 285 g/mol. The fourth-order valence-electron chi connectivity index (χ4n) is 1.96. The Bertz CT molecular complexity index is 552. The third-order valence-corrected chi connectivity index (χ3v) is 3.07. The van der Waals surface area contributed by atoms with Crippen LogP contribution in [0.1, 0.15) is 19.4 Å². The molecule has 3 nitrogen and oxygen atoms in total. The van der Waals surface area contributed by atoms with E-state index in [1.165, 1.54) is 0 Å². The van der Waals surface area contributed by atoms with Gasteiger partial charge in [-0.25, -0.2) is 0 Å². The van der Waals surface area contributed by atoms with Gasteiger partial charge in [-0.2, -0.15) is 0 Å². The van der Waals surface area contributed by atoms with Gasteiger partial charge in [0.1, 0.15) is 0 Å². The fourth-order valence-corrected chi connectivity index (χ4v) is 1.96. The zero-order valence-electron chi connectivity index (χ0n) is 12.9. The molecule has 21 heavy (non-hydrogen) atoms. The van der Waals surface area contributed by atoms with Gasteiger partial charge in [-0.3, -0.25) is 0 Å². The molecule has 0 saturated carbocycles. The van der Waals surface area contributed by atoms with E-state index in [9.17, 15) is 0 Å². The highest BCUT2D eigenvalue weighted by Crippen LogP contribution is 2.28. The van der Waals surface area contributed by atoms with Gasteiger partial charge < -0.3 is 14.8 Å². The molecular formula is C18H23NO2. The van der Waals surface area contributed by atoms with E-state index in [0.717, 1.165) is 29.3 Å². The van der Waals surface area contributed by atoms with Gasteiger partial charge in [0.25, 0.3) is 0 Å². The average Bonchev–Trinajstić information content (AvgIpc) is 2.52. The second kappa shape index (κ2) is 7.58. The molecule has 0 atom stereocenters.